The summed E-state index contributed by atoms with van der Waals surface area (Å²) in [7, 11) is -4.02. The van der Waals surface area contributed by atoms with Gasteiger partial charge in [0, 0.05) is 6.04 Å². The van der Waals surface area contributed by atoms with Gasteiger partial charge >= 0.3 is 0 Å². The van der Waals surface area contributed by atoms with E-state index in [4.69, 9.17) is 4.74 Å². The van der Waals surface area contributed by atoms with Crippen LogP contribution in [0.3, 0.4) is 0 Å². The molecule has 0 aromatic heterocycles. The van der Waals surface area contributed by atoms with Crippen LogP contribution in [0.1, 0.15) is 39.0 Å². The molecule has 2 aliphatic rings. The number of benzene rings is 3. The van der Waals surface area contributed by atoms with E-state index in [1.54, 1.807) is 42.5 Å². The van der Waals surface area contributed by atoms with Gasteiger partial charge in [-0.3, -0.25) is 9.59 Å². The lowest BCUT2D eigenvalue weighted by Gasteiger charge is -2.32. The Morgan fingerprint density at radius 2 is 1.63 bits per heavy atom. The molecule has 3 aromatic rings. The molecule has 7 nitrogen and oxygen atoms in total. The third-order valence-corrected chi connectivity index (χ3v) is 8.77. The van der Waals surface area contributed by atoms with Crippen molar-refractivity contribution in [2.75, 3.05) is 11.5 Å². The molecule has 1 saturated carbocycles. The van der Waals surface area contributed by atoms with Crippen molar-refractivity contribution in [3.8, 4) is 5.75 Å². The molecule has 0 spiro atoms. The van der Waals surface area contributed by atoms with E-state index >= 15 is 0 Å². The lowest BCUT2D eigenvalue weighted by atomic mass is 10.1. The van der Waals surface area contributed by atoms with Gasteiger partial charge in [-0.2, -0.15) is 4.31 Å². The van der Waals surface area contributed by atoms with Gasteiger partial charge in [0.1, 0.15) is 11.8 Å². The molecule has 2 fully saturated rings. The van der Waals surface area contributed by atoms with Crippen molar-refractivity contribution in [3.05, 3.63) is 66.7 Å². The Bertz CT molecular complexity index is 1360. The second-order valence-electron chi connectivity index (χ2n) is 9.00. The zero-order chi connectivity index (χ0) is 24.6. The van der Waals surface area contributed by atoms with Crippen molar-refractivity contribution in [1.82, 2.24) is 4.31 Å². The molecule has 5 rings (SSSR count). The SMILES string of the molecule is CCOc1ccc(N2C(=O)CC(N(C3CCCC3)S(=O)(=O)c3ccc4ccccc4c3)C2=O)cc1. The van der Waals surface area contributed by atoms with Gasteiger partial charge in [-0.1, -0.05) is 43.2 Å². The summed E-state index contributed by atoms with van der Waals surface area (Å²) in [6, 6.07) is 17.9. The van der Waals surface area contributed by atoms with Crippen molar-refractivity contribution in [2.45, 2.75) is 56.0 Å². The molecule has 3 aromatic carbocycles. The van der Waals surface area contributed by atoms with E-state index in [9.17, 15) is 18.0 Å². The molecule has 0 bridgehead atoms. The standard InChI is InChI=1S/C27H28N2O5S/c1-2-34-23-14-12-21(13-15-23)28-26(30)18-25(27(28)31)29(22-9-5-6-10-22)35(32,33)24-16-11-19-7-3-4-8-20(19)17-24/h3-4,7-8,11-17,22,25H,2,5-6,9-10,18H2,1H3. The van der Waals surface area contributed by atoms with Gasteiger partial charge in [0.15, 0.2) is 0 Å². The highest BCUT2D eigenvalue weighted by Crippen LogP contribution is 2.36. The Hall–Kier alpha value is -3.23. The molecular weight excluding hydrogens is 464 g/mol. The third kappa shape index (κ3) is 4.32. The predicted octanol–water partition coefficient (Wildman–Crippen LogP) is 4.50. The van der Waals surface area contributed by atoms with Crippen molar-refractivity contribution in [3.63, 3.8) is 0 Å². The number of carbonyl (C=O) groups is 2. The van der Waals surface area contributed by atoms with E-state index in [1.165, 1.54) is 4.31 Å². The first-order valence-electron chi connectivity index (χ1n) is 12.0. The average molecular weight is 493 g/mol. The second kappa shape index (κ2) is 9.43. The summed E-state index contributed by atoms with van der Waals surface area (Å²) in [5, 5.41) is 1.75. The van der Waals surface area contributed by atoms with E-state index in [0.29, 0.717) is 30.9 Å². The van der Waals surface area contributed by atoms with Gasteiger partial charge in [-0.05, 0) is 66.9 Å². The monoisotopic (exact) mass is 492 g/mol. The third-order valence-electron chi connectivity index (χ3n) is 6.82. The highest BCUT2D eigenvalue weighted by molar-refractivity contribution is 7.89. The average Bonchev–Trinajstić information content (AvgIpc) is 3.48. The van der Waals surface area contributed by atoms with E-state index < -0.39 is 27.9 Å². The van der Waals surface area contributed by atoms with Crippen molar-refractivity contribution in [1.29, 1.82) is 0 Å². The molecule has 1 aliphatic heterocycles. The van der Waals surface area contributed by atoms with Crippen LogP contribution < -0.4 is 9.64 Å². The summed E-state index contributed by atoms with van der Waals surface area (Å²) in [4.78, 5) is 27.9. The largest absolute Gasteiger partial charge is 0.494 e. The maximum Gasteiger partial charge on any atom is 0.252 e. The molecular formula is C27H28N2O5S. The van der Waals surface area contributed by atoms with Crippen LogP contribution in [0.25, 0.3) is 10.8 Å². The lowest BCUT2D eigenvalue weighted by molar-refractivity contribution is -0.122. The first-order valence-corrected chi connectivity index (χ1v) is 13.5. The van der Waals surface area contributed by atoms with Crippen LogP contribution in [0.5, 0.6) is 5.75 Å². The first-order chi connectivity index (χ1) is 16.9. The summed E-state index contributed by atoms with van der Waals surface area (Å²) in [5.41, 5.74) is 0.417. The zero-order valence-corrected chi connectivity index (χ0v) is 20.4. The van der Waals surface area contributed by atoms with Crippen molar-refractivity contribution < 1.29 is 22.7 Å². The second-order valence-corrected chi connectivity index (χ2v) is 10.8. The number of fused-ring (bicyclic) bond motifs is 1. The van der Waals surface area contributed by atoms with Gasteiger partial charge in [0.25, 0.3) is 5.91 Å². The number of carbonyl (C=O) groups excluding carboxylic acids is 2. The Kier molecular flexibility index (Phi) is 6.34. The molecule has 2 amide bonds. The van der Waals surface area contributed by atoms with Crippen LogP contribution >= 0.6 is 0 Å². The van der Waals surface area contributed by atoms with Gasteiger partial charge in [-0.15, -0.1) is 0 Å². The number of hydrogen-bond acceptors (Lipinski definition) is 5. The predicted molar refractivity (Wildman–Crippen MR) is 134 cm³/mol. The summed E-state index contributed by atoms with van der Waals surface area (Å²) < 4.78 is 34.8. The van der Waals surface area contributed by atoms with Gasteiger partial charge in [-0.25, -0.2) is 13.3 Å². The van der Waals surface area contributed by atoms with Gasteiger partial charge in [0.05, 0.1) is 23.6 Å². The van der Waals surface area contributed by atoms with Gasteiger partial charge in [0.2, 0.25) is 15.9 Å². The van der Waals surface area contributed by atoms with Crippen LogP contribution in [0.4, 0.5) is 5.69 Å². The summed E-state index contributed by atoms with van der Waals surface area (Å²) in [6.45, 7) is 2.38. The minimum Gasteiger partial charge on any atom is -0.494 e. The fourth-order valence-corrected chi connectivity index (χ4v) is 7.03. The molecule has 1 saturated heterocycles. The molecule has 1 atom stereocenters. The molecule has 0 N–H and O–H groups in total. The fraction of sp³-hybridized carbons (Fsp3) is 0.333. The number of hydrogen-bond donors (Lipinski definition) is 0. The van der Waals surface area contributed by atoms with E-state index in [1.807, 2.05) is 31.2 Å². The van der Waals surface area contributed by atoms with E-state index in [2.05, 4.69) is 0 Å². The summed E-state index contributed by atoms with van der Waals surface area (Å²) in [5.74, 6) is -0.269. The van der Waals surface area contributed by atoms with Crippen LogP contribution in [-0.2, 0) is 19.6 Å². The highest BCUT2D eigenvalue weighted by Gasteiger charge is 2.49. The Labute approximate surface area is 205 Å². The normalized spacial score (nSPS) is 19.3. The minimum absolute atomic E-state index is 0.142. The summed E-state index contributed by atoms with van der Waals surface area (Å²) >= 11 is 0. The lowest BCUT2D eigenvalue weighted by Crippen LogP contribution is -2.49. The molecule has 1 heterocycles. The van der Waals surface area contributed by atoms with Gasteiger partial charge < -0.3 is 4.74 Å². The molecule has 35 heavy (non-hydrogen) atoms. The fourth-order valence-electron chi connectivity index (χ4n) is 5.17. The number of rotatable bonds is 7. The van der Waals surface area contributed by atoms with Crippen molar-refractivity contribution >= 4 is 38.3 Å². The smallest absolute Gasteiger partial charge is 0.252 e. The maximum absolute atomic E-state index is 14.0. The van der Waals surface area contributed by atoms with E-state index in [0.717, 1.165) is 28.5 Å². The van der Waals surface area contributed by atoms with Crippen LogP contribution in [0, 0.1) is 0 Å². The Balaban J connectivity index is 1.51. The molecule has 1 aliphatic carbocycles. The number of sulfonamides is 1. The summed E-state index contributed by atoms with van der Waals surface area (Å²) in [6.07, 6.45) is 2.97. The number of imide groups is 1. The van der Waals surface area contributed by atoms with Crippen LogP contribution in [0.2, 0.25) is 0 Å². The van der Waals surface area contributed by atoms with Crippen LogP contribution in [-0.4, -0.2) is 43.2 Å². The first kappa shape index (κ1) is 23.5. The topological polar surface area (TPSA) is 84.0 Å². The van der Waals surface area contributed by atoms with Crippen molar-refractivity contribution in [2.24, 2.45) is 0 Å². The Morgan fingerprint density at radius 3 is 2.31 bits per heavy atom. The maximum atomic E-state index is 14.0. The Morgan fingerprint density at radius 1 is 0.943 bits per heavy atom. The molecule has 1 unspecified atom stereocenters. The number of nitrogens with zero attached hydrogens (tertiary/aromatic N) is 2. The molecule has 0 radical (unpaired) electrons. The number of ether oxygens (including phenoxy) is 1. The number of anilines is 1. The van der Waals surface area contributed by atoms with Crippen LogP contribution in [0.15, 0.2) is 71.6 Å². The highest BCUT2D eigenvalue weighted by atomic mass is 32.2. The molecule has 8 heteroatoms. The molecule has 182 valence electrons. The minimum atomic E-state index is -4.02. The quantitative estimate of drug-likeness (QED) is 0.454. The zero-order valence-electron chi connectivity index (χ0n) is 19.6. The van der Waals surface area contributed by atoms with E-state index in [-0.39, 0.29) is 17.4 Å². The number of amides is 2.